The second-order valence-corrected chi connectivity index (χ2v) is 3.85. The molecule has 0 saturated heterocycles. The van der Waals surface area contributed by atoms with Crippen molar-refractivity contribution >= 4 is 17.4 Å². The van der Waals surface area contributed by atoms with Crippen molar-refractivity contribution in [2.45, 2.75) is 20.3 Å². The highest BCUT2D eigenvalue weighted by Gasteiger charge is 2.18. The lowest BCUT2D eigenvalue weighted by molar-refractivity contribution is 0.0994. The zero-order chi connectivity index (χ0) is 12.3. The second kappa shape index (κ2) is 5.00. The number of carbonyl (C=O) groups is 1. The number of nitriles is 1. The summed E-state index contributed by atoms with van der Waals surface area (Å²) in [5, 5.41) is 9.08. The molecule has 1 aromatic carbocycles. The lowest BCUT2D eigenvalue weighted by atomic mass is 9.99. The van der Waals surface area contributed by atoms with Crippen LogP contribution in [0.5, 0.6) is 5.75 Å². The summed E-state index contributed by atoms with van der Waals surface area (Å²) in [5.41, 5.74) is 1.92. The van der Waals surface area contributed by atoms with Crippen LogP contribution in [0.2, 0.25) is 5.02 Å². The van der Waals surface area contributed by atoms with Crippen molar-refractivity contribution in [3.63, 3.8) is 0 Å². The lowest BCUT2D eigenvalue weighted by Gasteiger charge is -2.13. The summed E-state index contributed by atoms with van der Waals surface area (Å²) in [6.45, 7) is 3.60. The van der Waals surface area contributed by atoms with Crippen molar-refractivity contribution in [2.24, 2.45) is 0 Å². The third-order valence-electron chi connectivity index (χ3n) is 2.38. The van der Waals surface area contributed by atoms with E-state index in [0.29, 0.717) is 21.9 Å². The van der Waals surface area contributed by atoms with Crippen LogP contribution in [0.3, 0.4) is 0 Å². The molecule has 4 heteroatoms. The van der Waals surface area contributed by atoms with Crippen LogP contribution in [0.15, 0.2) is 6.07 Å². The Morgan fingerprint density at radius 2 is 2.19 bits per heavy atom. The van der Waals surface area contributed by atoms with Crippen LogP contribution in [-0.4, -0.2) is 12.9 Å². The molecular formula is C12H12ClNO2. The average molecular weight is 238 g/mol. The predicted molar refractivity (Wildman–Crippen MR) is 62.0 cm³/mol. The van der Waals surface area contributed by atoms with E-state index in [2.05, 4.69) is 0 Å². The van der Waals surface area contributed by atoms with Crippen LogP contribution in [0.4, 0.5) is 0 Å². The zero-order valence-corrected chi connectivity index (χ0v) is 10.2. The molecule has 3 nitrogen and oxygen atoms in total. The Bertz CT molecular complexity index is 475. The van der Waals surface area contributed by atoms with E-state index in [-0.39, 0.29) is 12.2 Å². The Hall–Kier alpha value is -1.53. The number of Topliss-reactive ketones (excluding diaryl/α,β-unsaturated/α-hetero) is 1. The third-order valence-corrected chi connectivity index (χ3v) is 2.96. The summed E-state index contributed by atoms with van der Waals surface area (Å²) < 4.78 is 5.14. The maximum absolute atomic E-state index is 11.7. The van der Waals surface area contributed by atoms with Crippen LogP contribution in [0, 0.1) is 25.2 Å². The Kier molecular flexibility index (Phi) is 3.92. The fourth-order valence-corrected chi connectivity index (χ4v) is 1.74. The molecule has 84 valence electrons. The van der Waals surface area contributed by atoms with Crippen LogP contribution in [0.1, 0.15) is 27.9 Å². The topological polar surface area (TPSA) is 50.1 Å². The highest BCUT2D eigenvalue weighted by atomic mass is 35.5. The van der Waals surface area contributed by atoms with E-state index in [0.717, 1.165) is 5.56 Å². The molecule has 0 N–H and O–H groups in total. The summed E-state index contributed by atoms with van der Waals surface area (Å²) in [7, 11) is 1.49. The molecule has 1 rings (SSSR count). The maximum atomic E-state index is 11.7. The molecule has 0 bridgehead atoms. The molecule has 0 aliphatic rings. The Morgan fingerprint density at radius 3 is 2.69 bits per heavy atom. The van der Waals surface area contributed by atoms with Crippen LogP contribution in [-0.2, 0) is 0 Å². The normalized spacial score (nSPS) is 9.69. The van der Waals surface area contributed by atoms with Gasteiger partial charge in [0, 0.05) is 5.02 Å². The number of hydrogen-bond donors (Lipinski definition) is 0. The largest absolute Gasteiger partial charge is 0.496 e. The monoisotopic (exact) mass is 237 g/mol. The summed E-state index contributed by atoms with van der Waals surface area (Å²) in [5.74, 6) is 0.207. The maximum Gasteiger partial charge on any atom is 0.180 e. The van der Waals surface area contributed by atoms with E-state index in [1.807, 2.05) is 13.0 Å². The van der Waals surface area contributed by atoms with Gasteiger partial charge in [0.1, 0.15) is 5.75 Å². The first kappa shape index (κ1) is 12.5. The highest BCUT2D eigenvalue weighted by molar-refractivity contribution is 6.32. The van der Waals surface area contributed by atoms with Crippen LogP contribution < -0.4 is 4.74 Å². The Labute approximate surface area is 99.6 Å². The number of rotatable bonds is 3. The first-order valence-electron chi connectivity index (χ1n) is 4.76. The minimum atomic E-state index is -0.265. The van der Waals surface area contributed by atoms with Crippen molar-refractivity contribution < 1.29 is 9.53 Å². The average Bonchev–Trinajstić information content (AvgIpc) is 2.25. The van der Waals surface area contributed by atoms with Gasteiger partial charge < -0.3 is 4.74 Å². The smallest absolute Gasteiger partial charge is 0.180 e. The standard InChI is InChI=1S/C12H12ClNO2/c1-7-6-10(16-3)11(8(2)12(7)13)9(15)4-5-14/h6H,4H2,1-3H3. The molecule has 0 atom stereocenters. The zero-order valence-electron chi connectivity index (χ0n) is 9.43. The van der Waals surface area contributed by atoms with Gasteiger partial charge in [-0.25, -0.2) is 0 Å². The lowest BCUT2D eigenvalue weighted by Crippen LogP contribution is -2.05. The molecule has 0 heterocycles. The number of aryl methyl sites for hydroxylation is 1. The van der Waals surface area contributed by atoms with E-state index in [1.54, 1.807) is 13.0 Å². The molecule has 0 fully saturated rings. The number of nitrogens with zero attached hydrogens (tertiary/aromatic N) is 1. The van der Waals surface area contributed by atoms with Crippen molar-refractivity contribution in [3.8, 4) is 11.8 Å². The SMILES string of the molecule is COc1cc(C)c(Cl)c(C)c1C(=O)CC#N. The number of hydrogen-bond acceptors (Lipinski definition) is 3. The minimum absolute atomic E-state index is 0.170. The molecule has 0 aliphatic carbocycles. The molecule has 1 aromatic rings. The number of ketones is 1. The minimum Gasteiger partial charge on any atom is -0.496 e. The van der Waals surface area contributed by atoms with Crippen molar-refractivity contribution in [1.29, 1.82) is 5.26 Å². The van der Waals surface area contributed by atoms with E-state index in [1.165, 1.54) is 7.11 Å². The van der Waals surface area contributed by atoms with Crippen LogP contribution in [0.25, 0.3) is 0 Å². The first-order chi connectivity index (χ1) is 7.52. The molecule has 0 amide bonds. The van der Waals surface area contributed by atoms with Gasteiger partial charge in [0.25, 0.3) is 0 Å². The van der Waals surface area contributed by atoms with Gasteiger partial charge in [-0.2, -0.15) is 5.26 Å². The predicted octanol–water partition coefficient (Wildman–Crippen LogP) is 3.06. The van der Waals surface area contributed by atoms with Gasteiger partial charge in [0.15, 0.2) is 5.78 Å². The number of methoxy groups -OCH3 is 1. The summed E-state index contributed by atoms with van der Waals surface area (Å²) in [4.78, 5) is 11.7. The van der Waals surface area contributed by atoms with Crippen molar-refractivity contribution in [1.82, 2.24) is 0 Å². The highest BCUT2D eigenvalue weighted by Crippen LogP contribution is 2.32. The van der Waals surface area contributed by atoms with Gasteiger partial charge in [-0.15, -0.1) is 0 Å². The molecule has 0 radical (unpaired) electrons. The fraction of sp³-hybridized carbons (Fsp3) is 0.333. The van der Waals surface area contributed by atoms with Gasteiger partial charge in [-0.1, -0.05) is 11.6 Å². The third kappa shape index (κ3) is 2.17. The summed E-state index contributed by atoms with van der Waals surface area (Å²) in [6.07, 6.45) is -0.170. The molecular weight excluding hydrogens is 226 g/mol. The summed E-state index contributed by atoms with van der Waals surface area (Å²) >= 11 is 6.07. The van der Waals surface area contributed by atoms with Crippen LogP contribution >= 0.6 is 11.6 Å². The van der Waals surface area contributed by atoms with Gasteiger partial charge in [0.05, 0.1) is 25.2 Å². The van der Waals surface area contributed by atoms with Gasteiger partial charge >= 0.3 is 0 Å². The van der Waals surface area contributed by atoms with E-state index < -0.39 is 0 Å². The molecule has 0 spiro atoms. The first-order valence-corrected chi connectivity index (χ1v) is 5.14. The number of benzene rings is 1. The van der Waals surface area contributed by atoms with Gasteiger partial charge in [-0.3, -0.25) is 4.79 Å². The second-order valence-electron chi connectivity index (χ2n) is 3.47. The molecule has 0 aliphatic heterocycles. The quantitative estimate of drug-likeness (QED) is 0.759. The van der Waals surface area contributed by atoms with Gasteiger partial charge in [-0.05, 0) is 31.0 Å². The fourth-order valence-electron chi connectivity index (χ4n) is 1.59. The number of halogens is 1. The van der Waals surface area contributed by atoms with Crippen molar-refractivity contribution in [2.75, 3.05) is 7.11 Å². The van der Waals surface area contributed by atoms with E-state index in [9.17, 15) is 4.79 Å². The molecule has 0 aromatic heterocycles. The molecule has 0 unspecified atom stereocenters. The van der Waals surface area contributed by atoms with E-state index >= 15 is 0 Å². The van der Waals surface area contributed by atoms with Gasteiger partial charge in [0.2, 0.25) is 0 Å². The molecule has 16 heavy (non-hydrogen) atoms. The molecule has 0 saturated carbocycles. The Morgan fingerprint density at radius 1 is 1.56 bits per heavy atom. The summed E-state index contributed by atoms with van der Waals surface area (Å²) in [6, 6.07) is 3.54. The Balaban J connectivity index is 3.42. The van der Waals surface area contributed by atoms with Crippen molar-refractivity contribution in [3.05, 3.63) is 27.8 Å². The number of ether oxygens (including phenoxy) is 1. The number of carbonyl (C=O) groups excluding carboxylic acids is 1. The van der Waals surface area contributed by atoms with E-state index in [4.69, 9.17) is 21.6 Å².